The van der Waals surface area contributed by atoms with E-state index < -0.39 is 0 Å². The van der Waals surface area contributed by atoms with Crippen molar-refractivity contribution in [2.75, 3.05) is 5.32 Å². The van der Waals surface area contributed by atoms with Gasteiger partial charge in [-0.1, -0.05) is 25.7 Å². The van der Waals surface area contributed by atoms with Crippen LogP contribution in [0.3, 0.4) is 0 Å². The summed E-state index contributed by atoms with van der Waals surface area (Å²) in [4.78, 5) is 4.41. The first-order valence-electron chi connectivity index (χ1n) is 6.57. The average Bonchev–Trinajstić information content (AvgIpc) is 2.55. The number of aromatic nitrogens is 2. The maximum atomic E-state index is 4.41. The quantitative estimate of drug-likeness (QED) is 0.790. The molecule has 3 heteroatoms. The number of imidazole rings is 1. The van der Waals surface area contributed by atoms with Crippen molar-refractivity contribution in [2.45, 2.75) is 64.5 Å². The predicted octanol–water partition coefficient (Wildman–Crippen LogP) is 3.60. The third-order valence-electron chi connectivity index (χ3n) is 3.41. The molecular formula is C13H23N3. The lowest BCUT2D eigenvalue weighted by Gasteiger charge is -2.19. The van der Waals surface area contributed by atoms with Crippen LogP contribution in [0, 0.1) is 0 Å². The zero-order chi connectivity index (χ0) is 11.4. The Balaban J connectivity index is 1.99. The van der Waals surface area contributed by atoms with E-state index in [1.165, 1.54) is 38.5 Å². The fraction of sp³-hybridized carbons (Fsp3) is 0.769. The van der Waals surface area contributed by atoms with Crippen LogP contribution in [0.1, 0.15) is 58.4 Å². The molecule has 90 valence electrons. The molecule has 0 amide bonds. The van der Waals surface area contributed by atoms with Crippen molar-refractivity contribution in [1.82, 2.24) is 9.55 Å². The van der Waals surface area contributed by atoms with Crippen LogP contribution in [-0.4, -0.2) is 15.6 Å². The second-order valence-electron chi connectivity index (χ2n) is 5.08. The summed E-state index contributed by atoms with van der Waals surface area (Å²) in [5, 5.41) is 3.60. The van der Waals surface area contributed by atoms with Crippen LogP contribution in [-0.2, 0) is 0 Å². The fourth-order valence-electron chi connectivity index (χ4n) is 2.45. The smallest absolute Gasteiger partial charge is 0.203 e. The van der Waals surface area contributed by atoms with Crippen molar-refractivity contribution in [1.29, 1.82) is 0 Å². The Morgan fingerprint density at radius 2 is 1.94 bits per heavy atom. The van der Waals surface area contributed by atoms with Crippen LogP contribution in [0.5, 0.6) is 0 Å². The fourth-order valence-corrected chi connectivity index (χ4v) is 2.45. The van der Waals surface area contributed by atoms with Gasteiger partial charge in [0.2, 0.25) is 5.95 Å². The molecule has 0 aliphatic heterocycles. The Labute approximate surface area is 98.3 Å². The number of nitrogens with zero attached hydrogens (tertiary/aromatic N) is 2. The topological polar surface area (TPSA) is 29.9 Å². The van der Waals surface area contributed by atoms with E-state index in [9.17, 15) is 0 Å². The highest BCUT2D eigenvalue weighted by molar-refractivity contribution is 5.28. The molecule has 1 N–H and O–H groups in total. The van der Waals surface area contributed by atoms with Gasteiger partial charge in [0.1, 0.15) is 0 Å². The maximum absolute atomic E-state index is 4.41. The molecule has 1 aliphatic carbocycles. The van der Waals surface area contributed by atoms with Crippen LogP contribution < -0.4 is 5.32 Å². The first kappa shape index (κ1) is 11.5. The molecule has 16 heavy (non-hydrogen) atoms. The van der Waals surface area contributed by atoms with Gasteiger partial charge in [-0.2, -0.15) is 0 Å². The molecule has 1 heterocycles. The van der Waals surface area contributed by atoms with Gasteiger partial charge in [0, 0.05) is 24.5 Å². The molecule has 1 aliphatic rings. The van der Waals surface area contributed by atoms with E-state index in [1.807, 2.05) is 6.20 Å². The van der Waals surface area contributed by atoms with E-state index in [0.717, 1.165) is 5.95 Å². The lowest BCUT2D eigenvalue weighted by atomic mass is 10.1. The lowest BCUT2D eigenvalue weighted by molar-refractivity contribution is 0.574. The number of hydrogen-bond acceptors (Lipinski definition) is 2. The van der Waals surface area contributed by atoms with Crippen LogP contribution >= 0.6 is 0 Å². The van der Waals surface area contributed by atoms with Gasteiger partial charge in [-0.3, -0.25) is 0 Å². The van der Waals surface area contributed by atoms with Gasteiger partial charge in [-0.15, -0.1) is 0 Å². The van der Waals surface area contributed by atoms with Crippen molar-refractivity contribution in [2.24, 2.45) is 0 Å². The van der Waals surface area contributed by atoms with Gasteiger partial charge >= 0.3 is 0 Å². The van der Waals surface area contributed by atoms with E-state index in [2.05, 4.69) is 34.9 Å². The average molecular weight is 221 g/mol. The van der Waals surface area contributed by atoms with Crippen LogP contribution in [0.2, 0.25) is 0 Å². The summed E-state index contributed by atoms with van der Waals surface area (Å²) in [5.74, 6) is 1.04. The Hall–Kier alpha value is -0.990. The van der Waals surface area contributed by atoms with Crippen LogP contribution in [0.15, 0.2) is 12.4 Å². The normalized spacial score (nSPS) is 18.7. The molecule has 0 bridgehead atoms. The SMILES string of the molecule is CC(C)n1ccnc1NC1CCCCCC1. The Kier molecular flexibility index (Phi) is 3.86. The van der Waals surface area contributed by atoms with Crippen molar-refractivity contribution in [3.05, 3.63) is 12.4 Å². The lowest BCUT2D eigenvalue weighted by Crippen LogP contribution is -2.21. The Morgan fingerprint density at radius 1 is 1.25 bits per heavy atom. The van der Waals surface area contributed by atoms with E-state index in [1.54, 1.807) is 0 Å². The number of rotatable bonds is 3. The minimum Gasteiger partial charge on any atom is -0.353 e. The Morgan fingerprint density at radius 3 is 2.56 bits per heavy atom. The molecule has 1 aromatic rings. The first-order chi connectivity index (χ1) is 7.77. The van der Waals surface area contributed by atoms with Crippen LogP contribution in [0.25, 0.3) is 0 Å². The highest BCUT2D eigenvalue weighted by atomic mass is 15.2. The van der Waals surface area contributed by atoms with Crippen LogP contribution in [0.4, 0.5) is 5.95 Å². The van der Waals surface area contributed by atoms with Crippen molar-refractivity contribution in [3.8, 4) is 0 Å². The van der Waals surface area contributed by atoms with Gasteiger partial charge < -0.3 is 9.88 Å². The number of nitrogens with one attached hydrogen (secondary N) is 1. The highest BCUT2D eigenvalue weighted by Crippen LogP contribution is 2.21. The summed E-state index contributed by atoms with van der Waals surface area (Å²) in [6, 6.07) is 1.11. The summed E-state index contributed by atoms with van der Waals surface area (Å²) in [7, 11) is 0. The number of anilines is 1. The monoisotopic (exact) mass is 221 g/mol. The molecule has 2 rings (SSSR count). The summed E-state index contributed by atoms with van der Waals surface area (Å²) < 4.78 is 2.21. The van der Waals surface area contributed by atoms with Gasteiger partial charge in [0.05, 0.1) is 0 Å². The third-order valence-corrected chi connectivity index (χ3v) is 3.41. The Bertz CT molecular complexity index is 309. The molecule has 1 saturated carbocycles. The standard InChI is InChI=1S/C13H23N3/c1-11(2)16-10-9-14-13(16)15-12-7-5-3-4-6-8-12/h9-12H,3-8H2,1-2H3,(H,14,15). The summed E-state index contributed by atoms with van der Waals surface area (Å²) in [6.45, 7) is 4.39. The van der Waals surface area contributed by atoms with E-state index in [-0.39, 0.29) is 0 Å². The largest absolute Gasteiger partial charge is 0.353 e. The first-order valence-corrected chi connectivity index (χ1v) is 6.57. The zero-order valence-corrected chi connectivity index (χ0v) is 10.4. The van der Waals surface area contributed by atoms with Crippen molar-refractivity contribution in [3.63, 3.8) is 0 Å². The maximum Gasteiger partial charge on any atom is 0.203 e. The minimum absolute atomic E-state index is 0.482. The van der Waals surface area contributed by atoms with Crippen molar-refractivity contribution < 1.29 is 0 Å². The molecule has 0 spiro atoms. The number of hydrogen-bond donors (Lipinski definition) is 1. The van der Waals surface area contributed by atoms with Gasteiger partial charge in [0.15, 0.2) is 0 Å². The summed E-state index contributed by atoms with van der Waals surface area (Å²) >= 11 is 0. The third kappa shape index (κ3) is 2.77. The minimum atomic E-state index is 0.482. The molecule has 0 aromatic carbocycles. The second-order valence-corrected chi connectivity index (χ2v) is 5.08. The molecule has 0 unspecified atom stereocenters. The molecule has 3 nitrogen and oxygen atoms in total. The molecule has 0 radical (unpaired) electrons. The van der Waals surface area contributed by atoms with E-state index in [0.29, 0.717) is 12.1 Å². The highest BCUT2D eigenvalue weighted by Gasteiger charge is 2.14. The second kappa shape index (κ2) is 5.37. The van der Waals surface area contributed by atoms with Gasteiger partial charge in [-0.25, -0.2) is 4.98 Å². The van der Waals surface area contributed by atoms with Gasteiger partial charge in [-0.05, 0) is 26.7 Å². The van der Waals surface area contributed by atoms with E-state index >= 15 is 0 Å². The summed E-state index contributed by atoms with van der Waals surface area (Å²) in [5.41, 5.74) is 0. The summed E-state index contributed by atoms with van der Waals surface area (Å²) in [6.07, 6.45) is 12.1. The van der Waals surface area contributed by atoms with Gasteiger partial charge in [0.25, 0.3) is 0 Å². The molecule has 1 aromatic heterocycles. The van der Waals surface area contributed by atoms with E-state index in [4.69, 9.17) is 0 Å². The van der Waals surface area contributed by atoms with Crippen molar-refractivity contribution >= 4 is 5.95 Å². The molecular weight excluding hydrogens is 198 g/mol. The zero-order valence-electron chi connectivity index (χ0n) is 10.4. The predicted molar refractivity (Wildman–Crippen MR) is 67.7 cm³/mol. The molecule has 0 atom stereocenters. The molecule has 1 fully saturated rings. The molecule has 0 saturated heterocycles.